The summed E-state index contributed by atoms with van der Waals surface area (Å²) >= 11 is 0. The third-order valence-corrected chi connectivity index (χ3v) is 4.57. The predicted octanol–water partition coefficient (Wildman–Crippen LogP) is 2.09. The zero-order valence-corrected chi connectivity index (χ0v) is 14.3. The van der Waals surface area contributed by atoms with Crippen LogP contribution in [0.1, 0.15) is 30.9 Å². The maximum Gasteiger partial charge on any atom is 0.243 e. The van der Waals surface area contributed by atoms with Gasteiger partial charge in [0.2, 0.25) is 11.8 Å². The van der Waals surface area contributed by atoms with E-state index < -0.39 is 0 Å². The molecule has 0 atom stereocenters. The molecule has 1 heterocycles. The van der Waals surface area contributed by atoms with Gasteiger partial charge in [-0.05, 0) is 62.9 Å². The Morgan fingerprint density at radius 3 is 2.57 bits per heavy atom. The molecule has 0 saturated carbocycles. The second-order valence-corrected chi connectivity index (χ2v) is 6.53. The van der Waals surface area contributed by atoms with Crippen molar-refractivity contribution in [3.05, 3.63) is 29.3 Å². The highest BCUT2D eigenvalue weighted by Crippen LogP contribution is 2.17. The van der Waals surface area contributed by atoms with Crippen molar-refractivity contribution in [1.29, 1.82) is 0 Å². The van der Waals surface area contributed by atoms with Gasteiger partial charge < -0.3 is 10.6 Å². The van der Waals surface area contributed by atoms with Crippen LogP contribution in [0.15, 0.2) is 18.2 Å². The molecule has 2 N–H and O–H groups in total. The number of piperidine rings is 1. The number of hydrogen-bond donors (Lipinski definition) is 2. The van der Waals surface area contributed by atoms with E-state index in [0.29, 0.717) is 6.54 Å². The Hall–Kier alpha value is -1.88. The van der Waals surface area contributed by atoms with Crippen molar-refractivity contribution in [2.24, 2.45) is 5.92 Å². The van der Waals surface area contributed by atoms with E-state index in [-0.39, 0.29) is 18.4 Å². The average molecular weight is 317 g/mol. The second-order valence-electron chi connectivity index (χ2n) is 6.53. The molecule has 1 aliphatic rings. The Kier molecular flexibility index (Phi) is 6.16. The number of carbonyl (C=O) groups excluding carboxylic acids is 2. The molecule has 0 bridgehead atoms. The van der Waals surface area contributed by atoms with E-state index in [1.165, 1.54) is 0 Å². The number of aryl methyl sites for hydroxylation is 1. The molecule has 0 radical (unpaired) electrons. The minimum atomic E-state index is -0.195. The molecule has 5 heteroatoms. The molecule has 5 nitrogen and oxygen atoms in total. The Bertz CT molecular complexity index is 563. The van der Waals surface area contributed by atoms with Gasteiger partial charge in [-0.2, -0.15) is 0 Å². The molecule has 2 rings (SSSR count). The fraction of sp³-hybridized carbons (Fsp3) is 0.556. The molecule has 2 amide bonds. The van der Waals surface area contributed by atoms with Crippen molar-refractivity contribution in [2.45, 2.75) is 33.6 Å². The summed E-state index contributed by atoms with van der Waals surface area (Å²) in [5, 5.41) is 5.55. The number of likely N-dealkylation sites (tertiary alicyclic amines) is 1. The number of nitrogens with one attached hydrogen (secondary N) is 2. The Balaban J connectivity index is 1.73. The summed E-state index contributed by atoms with van der Waals surface area (Å²) in [5.41, 5.74) is 2.98. The maximum absolute atomic E-state index is 12.0. The van der Waals surface area contributed by atoms with Crippen molar-refractivity contribution in [2.75, 3.05) is 31.5 Å². The first-order valence-corrected chi connectivity index (χ1v) is 8.31. The number of rotatable bonds is 5. The molecule has 1 aromatic rings. The molecule has 0 spiro atoms. The summed E-state index contributed by atoms with van der Waals surface area (Å²) in [4.78, 5) is 26.1. The highest BCUT2D eigenvalue weighted by Gasteiger charge is 2.18. The predicted molar refractivity (Wildman–Crippen MR) is 92.4 cm³/mol. The van der Waals surface area contributed by atoms with Gasteiger partial charge >= 0.3 is 0 Å². The molecular formula is C18H27N3O2. The van der Waals surface area contributed by atoms with Crippen LogP contribution in [0.25, 0.3) is 0 Å². The quantitative estimate of drug-likeness (QED) is 0.874. The molecule has 126 valence electrons. The molecule has 1 saturated heterocycles. The van der Waals surface area contributed by atoms with Crippen molar-refractivity contribution < 1.29 is 9.59 Å². The van der Waals surface area contributed by atoms with Crippen molar-refractivity contribution in [1.82, 2.24) is 10.2 Å². The molecule has 0 unspecified atom stereocenters. The van der Waals surface area contributed by atoms with Gasteiger partial charge in [-0.3, -0.25) is 14.5 Å². The van der Waals surface area contributed by atoms with E-state index >= 15 is 0 Å². The number of benzene rings is 1. The van der Waals surface area contributed by atoms with E-state index in [2.05, 4.69) is 22.5 Å². The summed E-state index contributed by atoms with van der Waals surface area (Å²) in [7, 11) is 0. The minimum absolute atomic E-state index is 0.0104. The van der Waals surface area contributed by atoms with Gasteiger partial charge in [0.05, 0.1) is 13.1 Å². The lowest BCUT2D eigenvalue weighted by molar-refractivity contribution is -0.125. The van der Waals surface area contributed by atoms with Crippen LogP contribution in [0.2, 0.25) is 0 Å². The summed E-state index contributed by atoms with van der Waals surface area (Å²) in [6.45, 7) is 8.54. The smallest absolute Gasteiger partial charge is 0.243 e. The second kappa shape index (κ2) is 8.11. The summed E-state index contributed by atoms with van der Waals surface area (Å²) in [6, 6.07) is 5.79. The van der Waals surface area contributed by atoms with Crippen molar-refractivity contribution >= 4 is 17.5 Å². The Labute approximate surface area is 138 Å². The molecular weight excluding hydrogens is 290 g/mol. The molecule has 23 heavy (non-hydrogen) atoms. The van der Waals surface area contributed by atoms with Gasteiger partial charge in [-0.25, -0.2) is 0 Å². The third kappa shape index (κ3) is 5.36. The van der Waals surface area contributed by atoms with Gasteiger partial charge in [0, 0.05) is 5.69 Å². The van der Waals surface area contributed by atoms with Gasteiger partial charge in [-0.1, -0.05) is 19.1 Å². The number of anilines is 1. The topological polar surface area (TPSA) is 61.4 Å². The first-order chi connectivity index (χ1) is 11.0. The monoisotopic (exact) mass is 317 g/mol. The highest BCUT2D eigenvalue weighted by atomic mass is 16.2. The van der Waals surface area contributed by atoms with Crippen LogP contribution in [0.3, 0.4) is 0 Å². The molecule has 0 aromatic heterocycles. The summed E-state index contributed by atoms with van der Waals surface area (Å²) < 4.78 is 0. The van der Waals surface area contributed by atoms with E-state index in [9.17, 15) is 9.59 Å². The lowest BCUT2D eigenvalue weighted by Gasteiger charge is -2.29. The first-order valence-electron chi connectivity index (χ1n) is 8.31. The van der Waals surface area contributed by atoms with Crippen molar-refractivity contribution in [3.8, 4) is 0 Å². The van der Waals surface area contributed by atoms with Crippen LogP contribution in [0.5, 0.6) is 0 Å². The van der Waals surface area contributed by atoms with Crippen LogP contribution in [-0.4, -0.2) is 42.9 Å². The fourth-order valence-corrected chi connectivity index (χ4v) is 2.74. The van der Waals surface area contributed by atoms with Crippen LogP contribution in [0.4, 0.5) is 5.69 Å². The number of carbonyl (C=O) groups is 2. The third-order valence-electron chi connectivity index (χ3n) is 4.57. The van der Waals surface area contributed by atoms with Crippen molar-refractivity contribution in [3.63, 3.8) is 0 Å². The van der Waals surface area contributed by atoms with E-state index in [1.54, 1.807) is 0 Å². The molecule has 1 aliphatic heterocycles. The Morgan fingerprint density at radius 1 is 1.17 bits per heavy atom. The van der Waals surface area contributed by atoms with E-state index in [4.69, 9.17) is 0 Å². The first kappa shape index (κ1) is 17.5. The van der Waals surface area contributed by atoms with Crippen LogP contribution < -0.4 is 10.6 Å². The minimum Gasteiger partial charge on any atom is -0.346 e. The zero-order valence-electron chi connectivity index (χ0n) is 14.3. The van der Waals surface area contributed by atoms with E-state index in [0.717, 1.165) is 48.7 Å². The molecule has 0 aliphatic carbocycles. The van der Waals surface area contributed by atoms with Crippen LogP contribution >= 0.6 is 0 Å². The maximum atomic E-state index is 12.0. The number of hydrogen-bond acceptors (Lipinski definition) is 3. The normalized spacial score (nSPS) is 16.1. The van der Waals surface area contributed by atoms with Gasteiger partial charge in [0.15, 0.2) is 0 Å². The van der Waals surface area contributed by atoms with E-state index in [1.807, 2.05) is 32.0 Å². The average Bonchev–Trinajstić information content (AvgIpc) is 2.52. The van der Waals surface area contributed by atoms with Gasteiger partial charge in [-0.15, -0.1) is 0 Å². The Morgan fingerprint density at radius 2 is 1.87 bits per heavy atom. The summed E-state index contributed by atoms with van der Waals surface area (Å²) in [5.74, 6) is 0.465. The number of nitrogens with zero attached hydrogens (tertiary/aromatic N) is 1. The van der Waals surface area contributed by atoms with Gasteiger partial charge in [0.1, 0.15) is 0 Å². The molecule has 1 aromatic carbocycles. The fourth-order valence-electron chi connectivity index (χ4n) is 2.74. The summed E-state index contributed by atoms with van der Waals surface area (Å²) in [6.07, 6.45) is 2.28. The SMILES string of the molecule is Cc1cccc(NC(=O)CNC(=O)CN2CCC(C)CC2)c1C. The zero-order chi connectivity index (χ0) is 16.8. The number of amides is 2. The molecule has 1 fully saturated rings. The standard InChI is InChI=1S/C18H27N3O2/c1-13-7-9-21(10-8-13)12-18(23)19-11-17(22)20-16-6-4-5-14(2)15(16)3/h4-6,13H,7-12H2,1-3H3,(H,19,23)(H,20,22). The highest BCUT2D eigenvalue weighted by molar-refractivity contribution is 5.95. The lowest BCUT2D eigenvalue weighted by atomic mass is 9.99. The lowest BCUT2D eigenvalue weighted by Crippen LogP contribution is -2.43. The largest absolute Gasteiger partial charge is 0.346 e. The van der Waals surface area contributed by atoms with Crippen LogP contribution in [0, 0.1) is 19.8 Å². The van der Waals surface area contributed by atoms with Gasteiger partial charge in [0.25, 0.3) is 0 Å². The van der Waals surface area contributed by atoms with Crippen LogP contribution in [-0.2, 0) is 9.59 Å².